The van der Waals surface area contributed by atoms with Gasteiger partial charge in [0.2, 0.25) is 0 Å². The molecular formula is C22H32N4. The van der Waals surface area contributed by atoms with Crippen molar-refractivity contribution in [3.8, 4) is 0 Å². The molecule has 0 aliphatic rings. The Morgan fingerprint density at radius 3 is 2.46 bits per heavy atom. The highest BCUT2D eigenvalue weighted by atomic mass is 15.2. The molecule has 0 bridgehead atoms. The van der Waals surface area contributed by atoms with Crippen molar-refractivity contribution in [3.63, 3.8) is 0 Å². The number of pyridine rings is 1. The molecule has 3 aromatic rings. The largest absolute Gasteiger partial charge is 0.357 e. The van der Waals surface area contributed by atoms with Crippen LogP contribution in [0.5, 0.6) is 0 Å². The average Bonchev–Trinajstić information content (AvgIpc) is 3.01. The lowest BCUT2D eigenvalue weighted by Crippen LogP contribution is -2.33. The number of anilines is 1. The smallest absolute Gasteiger partial charge is 0.152 e. The van der Waals surface area contributed by atoms with Crippen molar-refractivity contribution < 1.29 is 0 Å². The zero-order valence-corrected chi connectivity index (χ0v) is 16.7. The first-order chi connectivity index (χ1) is 12.7. The lowest BCUT2D eigenvalue weighted by molar-refractivity contribution is 0.311. The van der Waals surface area contributed by atoms with Crippen molar-refractivity contribution in [2.75, 3.05) is 38.1 Å². The van der Waals surface area contributed by atoms with Gasteiger partial charge in [-0.05, 0) is 31.6 Å². The molecule has 0 fully saturated rings. The maximum Gasteiger partial charge on any atom is 0.152 e. The predicted octanol–water partition coefficient (Wildman–Crippen LogP) is 4.77. The van der Waals surface area contributed by atoms with Crippen LogP contribution in [0.3, 0.4) is 0 Å². The Morgan fingerprint density at radius 1 is 0.962 bits per heavy atom. The van der Waals surface area contributed by atoms with Gasteiger partial charge in [-0.25, -0.2) is 4.98 Å². The van der Waals surface area contributed by atoms with Crippen LogP contribution >= 0.6 is 0 Å². The number of hydrogen-bond donors (Lipinski definition) is 0. The van der Waals surface area contributed by atoms with Crippen LogP contribution in [0.1, 0.15) is 33.6 Å². The van der Waals surface area contributed by atoms with Crippen molar-refractivity contribution >= 4 is 27.6 Å². The van der Waals surface area contributed by atoms with E-state index in [1.54, 1.807) is 0 Å². The van der Waals surface area contributed by atoms with Crippen LogP contribution < -0.4 is 4.90 Å². The predicted molar refractivity (Wildman–Crippen MR) is 113 cm³/mol. The van der Waals surface area contributed by atoms with Gasteiger partial charge in [0, 0.05) is 49.2 Å². The summed E-state index contributed by atoms with van der Waals surface area (Å²) in [5.41, 5.74) is 2.60. The Morgan fingerprint density at radius 2 is 1.73 bits per heavy atom. The summed E-state index contributed by atoms with van der Waals surface area (Å²) < 4.78 is 2.48. The van der Waals surface area contributed by atoms with Crippen LogP contribution in [0.25, 0.3) is 21.8 Å². The fourth-order valence-corrected chi connectivity index (χ4v) is 3.75. The summed E-state index contributed by atoms with van der Waals surface area (Å²) in [7, 11) is 2.17. The van der Waals surface area contributed by atoms with Gasteiger partial charge < -0.3 is 14.4 Å². The quantitative estimate of drug-likeness (QED) is 0.554. The molecule has 3 rings (SSSR count). The van der Waals surface area contributed by atoms with E-state index in [0.717, 1.165) is 38.5 Å². The summed E-state index contributed by atoms with van der Waals surface area (Å²) in [4.78, 5) is 9.57. The molecule has 0 amide bonds. The topological polar surface area (TPSA) is 24.3 Å². The standard InChI is InChI=1S/C22H32N4/c1-5-8-15-26-20-12-10-9-11-18(20)19-13-14-23-22(21(19)26)24(4)16-17-25(6-2)7-3/h9-14H,5-8,15-17H2,1-4H3. The molecular weight excluding hydrogens is 320 g/mol. The zero-order chi connectivity index (χ0) is 18.5. The van der Waals surface area contributed by atoms with Crippen LogP contribution in [0.15, 0.2) is 36.5 Å². The van der Waals surface area contributed by atoms with Gasteiger partial charge in [0.05, 0.1) is 5.52 Å². The van der Waals surface area contributed by atoms with Gasteiger partial charge in [-0.1, -0.05) is 45.4 Å². The number of rotatable bonds is 9. The molecule has 0 aliphatic carbocycles. The number of nitrogens with zero attached hydrogens (tertiary/aromatic N) is 4. The highest BCUT2D eigenvalue weighted by Gasteiger charge is 2.17. The van der Waals surface area contributed by atoms with Crippen LogP contribution in [0.2, 0.25) is 0 Å². The minimum atomic E-state index is 0.989. The number of likely N-dealkylation sites (N-methyl/N-ethyl adjacent to an activating group) is 2. The molecule has 0 atom stereocenters. The summed E-state index contributed by atoms with van der Waals surface area (Å²) in [6.45, 7) is 12.0. The molecule has 4 nitrogen and oxygen atoms in total. The molecule has 0 saturated heterocycles. The maximum atomic E-state index is 4.79. The highest BCUT2D eigenvalue weighted by Crippen LogP contribution is 2.33. The van der Waals surface area contributed by atoms with Gasteiger partial charge in [0.1, 0.15) is 0 Å². The van der Waals surface area contributed by atoms with E-state index in [9.17, 15) is 0 Å². The number of aromatic nitrogens is 2. The third kappa shape index (κ3) is 3.56. The Bertz CT molecular complexity index is 848. The molecule has 1 aromatic carbocycles. The average molecular weight is 353 g/mol. The van der Waals surface area contributed by atoms with E-state index in [4.69, 9.17) is 4.98 Å². The Labute approximate surface area is 157 Å². The number of benzene rings is 1. The van der Waals surface area contributed by atoms with E-state index in [-0.39, 0.29) is 0 Å². The van der Waals surface area contributed by atoms with Crippen molar-refractivity contribution in [1.82, 2.24) is 14.5 Å². The Kier molecular flexibility index (Phi) is 6.15. The van der Waals surface area contributed by atoms with Gasteiger partial charge in [-0.2, -0.15) is 0 Å². The second-order valence-electron chi connectivity index (χ2n) is 7.00. The van der Waals surface area contributed by atoms with Crippen molar-refractivity contribution in [2.45, 2.75) is 40.2 Å². The van der Waals surface area contributed by atoms with Crippen molar-refractivity contribution in [1.29, 1.82) is 0 Å². The molecule has 0 radical (unpaired) electrons. The summed E-state index contributed by atoms with van der Waals surface area (Å²) in [5.74, 6) is 1.10. The SMILES string of the molecule is CCCCn1c2ccccc2c2ccnc(N(C)CCN(CC)CC)c21. The molecule has 0 unspecified atom stereocenters. The van der Waals surface area contributed by atoms with Crippen LogP contribution in [-0.2, 0) is 6.54 Å². The van der Waals surface area contributed by atoms with Crippen molar-refractivity contribution in [3.05, 3.63) is 36.5 Å². The summed E-state index contributed by atoms with van der Waals surface area (Å²) in [6.07, 6.45) is 4.34. The number of aryl methyl sites for hydroxylation is 1. The first kappa shape index (κ1) is 18.7. The minimum Gasteiger partial charge on any atom is -0.357 e. The van der Waals surface area contributed by atoms with E-state index in [2.05, 4.69) is 72.5 Å². The third-order valence-electron chi connectivity index (χ3n) is 5.40. The molecule has 0 spiro atoms. The Balaban J connectivity index is 2.05. The number of fused-ring (bicyclic) bond motifs is 3. The zero-order valence-electron chi connectivity index (χ0n) is 16.7. The fraction of sp³-hybridized carbons (Fsp3) is 0.500. The second-order valence-corrected chi connectivity index (χ2v) is 7.00. The normalized spacial score (nSPS) is 11.7. The molecule has 0 aliphatic heterocycles. The number of para-hydroxylation sites is 1. The van der Waals surface area contributed by atoms with Gasteiger partial charge in [-0.3, -0.25) is 0 Å². The lowest BCUT2D eigenvalue weighted by Gasteiger charge is -2.25. The van der Waals surface area contributed by atoms with Crippen molar-refractivity contribution in [2.24, 2.45) is 0 Å². The van der Waals surface area contributed by atoms with Crippen LogP contribution in [0.4, 0.5) is 5.82 Å². The molecule has 4 heteroatoms. The van der Waals surface area contributed by atoms with Gasteiger partial charge in [-0.15, -0.1) is 0 Å². The Hall–Kier alpha value is -2.07. The molecule has 140 valence electrons. The van der Waals surface area contributed by atoms with Crippen LogP contribution in [-0.4, -0.2) is 47.7 Å². The first-order valence-electron chi connectivity index (χ1n) is 10.0. The van der Waals surface area contributed by atoms with Gasteiger partial charge >= 0.3 is 0 Å². The lowest BCUT2D eigenvalue weighted by atomic mass is 10.2. The van der Waals surface area contributed by atoms with E-state index < -0.39 is 0 Å². The summed E-state index contributed by atoms with van der Waals surface area (Å²) >= 11 is 0. The first-order valence-corrected chi connectivity index (χ1v) is 10.0. The molecule has 0 N–H and O–H groups in total. The monoisotopic (exact) mass is 352 g/mol. The van der Waals surface area contributed by atoms with Gasteiger partial charge in [0.15, 0.2) is 5.82 Å². The third-order valence-corrected chi connectivity index (χ3v) is 5.40. The summed E-state index contributed by atoms with van der Waals surface area (Å²) in [6, 6.07) is 10.9. The fourth-order valence-electron chi connectivity index (χ4n) is 3.75. The number of hydrogen-bond acceptors (Lipinski definition) is 3. The van der Waals surface area contributed by atoms with E-state index in [1.165, 1.54) is 34.6 Å². The van der Waals surface area contributed by atoms with Crippen LogP contribution in [0, 0.1) is 0 Å². The van der Waals surface area contributed by atoms with E-state index >= 15 is 0 Å². The summed E-state index contributed by atoms with van der Waals surface area (Å²) in [5, 5.41) is 2.65. The molecule has 2 heterocycles. The van der Waals surface area contributed by atoms with Gasteiger partial charge in [0.25, 0.3) is 0 Å². The molecule has 2 aromatic heterocycles. The molecule has 0 saturated carbocycles. The van der Waals surface area contributed by atoms with E-state index in [0.29, 0.717) is 0 Å². The molecule has 26 heavy (non-hydrogen) atoms. The highest BCUT2D eigenvalue weighted by molar-refractivity contribution is 6.11. The number of unbranched alkanes of at least 4 members (excludes halogenated alkanes) is 1. The maximum absolute atomic E-state index is 4.79. The minimum absolute atomic E-state index is 0.989. The second kappa shape index (κ2) is 8.54. The van der Waals surface area contributed by atoms with E-state index in [1.807, 2.05) is 6.20 Å².